The summed E-state index contributed by atoms with van der Waals surface area (Å²) in [6.45, 7) is 2.08. The Morgan fingerprint density at radius 3 is 2.63 bits per heavy atom. The predicted octanol–water partition coefficient (Wildman–Crippen LogP) is 1.27. The number of rotatable bonds is 6. The van der Waals surface area contributed by atoms with Gasteiger partial charge in [0.15, 0.2) is 0 Å². The number of para-hydroxylation sites is 1. The van der Waals surface area contributed by atoms with E-state index in [-0.39, 0.29) is 17.8 Å². The molecular weight excluding hydrogens is 268 g/mol. The predicted molar refractivity (Wildman–Crippen MR) is 74.0 cm³/mol. The Morgan fingerprint density at radius 2 is 2.00 bits per heavy atom. The first-order chi connectivity index (χ1) is 9.04. The fourth-order valence-electron chi connectivity index (χ4n) is 1.37. The molecule has 0 fully saturated rings. The summed E-state index contributed by atoms with van der Waals surface area (Å²) in [6.07, 6.45) is 0. The third kappa shape index (κ3) is 5.09. The number of urea groups is 1. The van der Waals surface area contributed by atoms with Crippen LogP contribution in [0.15, 0.2) is 24.3 Å². The van der Waals surface area contributed by atoms with Gasteiger partial charge in [-0.05, 0) is 12.1 Å². The second kappa shape index (κ2) is 7.52. The van der Waals surface area contributed by atoms with Gasteiger partial charge in [0, 0.05) is 28.9 Å². The van der Waals surface area contributed by atoms with E-state index in [9.17, 15) is 13.8 Å². The normalized spacial score (nSPS) is 11.6. The van der Waals surface area contributed by atoms with Crippen LogP contribution in [-0.2, 0) is 10.8 Å². The molecule has 7 heteroatoms. The summed E-state index contributed by atoms with van der Waals surface area (Å²) < 4.78 is 11.2. The number of hydrogen-bond acceptors (Lipinski definition) is 3. The van der Waals surface area contributed by atoms with Gasteiger partial charge < -0.3 is 15.7 Å². The Balaban J connectivity index is 2.53. The molecule has 0 saturated carbocycles. The molecule has 0 aliphatic carbocycles. The highest BCUT2D eigenvalue weighted by atomic mass is 32.2. The second-order valence-corrected chi connectivity index (χ2v) is 5.53. The number of carboxylic acid groups (broad SMARTS) is 1. The van der Waals surface area contributed by atoms with E-state index in [0.717, 1.165) is 0 Å². The summed E-state index contributed by atoms with van der Waals surface area (Å²) in [7, 11) is -0.938. The van der Waals surface area contributed by atoms with Gasteiger partial charge in [0.05, 0.1) is 11.3 Å². The van der Waals surface area contributed by atoms with Crippen molar-refractivity contribution in [2.24, 2.45) is 0 Å². The van der Waals surface area contributed by atoms with Gasteiger partial charge in [0.25, 0.3) is 0 Å². The standard InChI is InChI=1S/C12H16N2O4S/c1-2-19(18)8-7-13-12(17)14-10-6-4-3-5-9(10)11(15)16/h3-6H,2,7-8H2,1H3,(H,15,16)(H2,13,14,17). The smallest absolute Gasteiger partial charge is 0.337 e. The van der Waals surface area contributed by atoms with E-state index < -0.39 is 22.8 Å². The van der Waals surface area contributed by atoms with Crippen molar-refractivity contribution < 1.29 is 18.9 Å². The number of anilines is 1. The van der Waals surface area contributed by atoms with Crippen LogP contribution in [-0.4, -0.2) is 39.4 Å². The highest BCUT2D eigenvalue weighted by molar-refractivity contribution is 7.84. The number of benzene rings is 1. The van der Waals surface area contributed by atoms with Crippen LogP contribution in [0.1, 0.15) is 17.3 Å². The monoisotopic (exact) mass is 284 g/mol. The Kier molecular flexibility index (Phi) is 6.01. The zero-order chi connectivity index (χ0) is 14.3. The molecule has 19 heavy (non-hydrogen) atoms. The molecule has 0 aliphatic rings. The zero-order valence-corrected chi connectivity index (χ0v) is 11.3. The van der Waals surface area contributed by atoms with Crippen molar-refractivity contribution >= 4 is 28.5 Å². The van der Waals surface area contributed by atoms with Crippen molar-refractivity contribution in [1.29, 1.82) is 0 Å². The van der Waals surface area contributed by atoms with Gasteiger partial charge >= 0.3 is 12.0 Å². The van der Waals surface area contributed by atoms with E-state index in [1.807, 2.05) is 0 Å². The summed E-state index contributed by atoms with van der Waals surface area (Å²) in [5.41, 5.74) is 0.249. The summed E-state index contributed by atoms with van der Waals surface area (Å²) in [5.74, 6) is -0.182. The van der Waals surface area contributed by atoms with Crippen LogP contribution < -0.4 is 10.6 Å². The Hall–Kier alpha value is -1.89. The lowest BCUT2D eigenvalue weighted by molar-refractivity contribution is 0.0698. The number of carbonyl (C=O) groups is 2. The minimum atomic E-state index is -1.11. The molecule has 1 rings (SSSR count). The Morgan fingerprint density at radius 1 is 1.32 bits per heavy atom. The highest BCUT2D eigenvalue weighted by Crippen LogP contribution is 2.14. The van der Waals surface area contributed by atoms with E-state index >= 15 is 0 Å². The molecule has 0 spiro atoms. The molecule has 0 aromatic heterocycles. The minimum Gasteiger partial charge on any atom is -0.478 e. The maximum atomic E-state index is 11.5. The first-order valence-corrected chi connectivity index (χ1v) is 7.25. The molecular formula is C12H16N2O4S. The lowest BCUT2D eigenvalue weighted by Gasteiger charge is -2.09. The molecule has 1 aromatic carbocycles. The van der Waals surface area contributed by atoms with Crippen molar-refractivity contribution in [3.63, 3.8) is 0 Å². The van der Waals surface area contributed by atoms with Crippen LogP contribution in [0.2, 0.25) is 0 Å². The molecule has 1 atom stereocenters. The van der Waals surface area contributed by atoms with E-state index in [4.69, 9.17) is 5.11 Å². The van der Waals surface area contributed by atoms with Crippen LogP contribution >= 0.6 is 0 Å². The molecule has 0 saturated heterocycles. The van der Waals surface area contributed by atoms with E-state index in [1.54, 1.807) is 19.1 Å². The fourth-order valence-corrected chi connectivity index (χ4v) is 1.99. The van der Waals surface area contributed by atoms with Crippen molar-refractivity contribution in [2.75, 3.05) is 23.4 Å². The van der Waals surface area contributed by atoms with Crippen LogP contribution in [0.3, 0.4) is 0 Å². The van der Waals surface area contributed by atoms with Crippen molar-refractivity contribution in [2.45, 2.75) is 6.92 Å². The lowest BCUT2D eigenvalue weighted by atomic mass is 10.2. The fraction of sp³-hybridized carbons (Fsp3) is 0.333. The molecule has 0 heterocycles. The summed E-state index contributed by atoms with van der Waals surface area (Å²) >= 11 is 0. The topological polar surface area (TPSA) is 95.5 Å². The quantitative estimate of drug-likeness (QED) is 0.733. The largest absolute Gasteiger partial charge is 0.478 e. The van der Waals surface area contributed by atoms with Gasteiger partial charge in [-0.25, -0.2) is 9.59 Å². The Bertz CT molecular complexity index is 490. The maximum absolute atomic E-state index is 11.5. The van der Waals surface area contributed by atoms with Gasteiger partial charge in [-0.3, -0.25) is 4.21 Å². The number of carbonyl (C=O) groups excluding carboxylic acids is 1. The average Bonchev–Trinajstić information content (AvgIpc) is 2.38. The molecule has 1 unspecified atom stereocenters. The molecule has 2 amide bonds. The van der Waals surface area contributed by atoms with Gasteiger partial charge in [-0.15, -0.1) is 0 Å². The van der Waals surface area contributed by atoms with Gasteiger partial charge in [-0.2, -0.15) is 0 Å². The first kappa shape index (κ1) is 15.2. The van der Waals surface area contributed by atoms with Gasteiger partial charge in [-0.1, -0.05) is 19.1 Å². The first-order valence-electron chi connectivity index (χ1n) is 5.76. The number of amides is 2. The van der Waals surface area contributed by atoms with Crippen molar-refractivity contribution in [3.8, 4) is 0 Å². The molecule has 0 aliphatic heterocycles. The molecule has 1 aromatic rings. The third-order valence-corrected chi connectivity index (χ3v) is 3.65. The second-order valence-electron chi connectivity index (χ2n) is 3.66. The van der Waals surface area contributed by atoms with E-state index in [0.29, 0.717) is 11.5 Å². The highest BCUT2D eigenvalue weighted by Gasteiger charge is 2.11. The van der Waals surface area contributed by atoms with E-state index in [1.165, 1.54) is 12.1 Å². The average molecular weight is 284 g/mol. The summed E-state index contributed by atoms with van der Waals surface area (Å²) in [4.78, 5) is 22.5. The minimum absolute atomic E-state index is 0.0229. The maximum Gasteiger partial charge on any atom is 0.337 e. The molecule has 6 nitrogen and oxygen atoms in total. The zero-order valence-electron chi connectivity index (χ0n) is 10.5. The number of carboxylic acids is 1. The molecule has 0 bridgehead atoms. The number of hydrogen-bond donors (Lipinski definition) is 3. The number of aromatic carboxylic acids is 1. The Labute approximate surface area is 113 Å². The lowest BCUT2D eigenvalue weighted by Crippen LogP contribution is -2.32. The van der Waals surface area contributed by atoms with E-state index in [2.05, 4.69) is 10.6 Å². The van der Waals surface area contributed by atoms with Crippen LogP contribution in [0, 0.1) is 0 Å². The summed E-state index contributed by atoms with van der Waals surface area (Å²) in [5, 5.41) is 13.9. The van der Waals surface area contributed by atoms with Gasteiger partial charge in [0.1, 0.15) is 0 Å². The van der Waals surface area contributed by atoms with Crippen molar-refractivity contribution in [1.82, 2.24) is 5.32 Å². The molecule has 3 N–H and O–H groups in total. The summed E-state index contributed by atoms with van der Waals surface area (Å²) in [6, 6.07) is 5.62. The molecule has 104 valence electrons. The number of nitrogens with one attached hydrogen (secondary N) is 2. The SMILES string of the molecule is CCS(=O)CCNC(=O)Nc1ccccc1C(=O)O. The van der Waals surface area contributed by atoms with Crippen LogP contribution in [0.4, 0.5) is 10.5 Å². The third-order valence-electron chi connectivity index (χ3n) is 2.34. The van der Waals surface area contributed by atoms with Crippen LogP contribution in [0.25, 0.3) is 0 Å². The van der Waals surface area contributed by atoms with Crippen molar-refractivity contribution in [3.05, 3.63) is 29.8 Å². The molecule has 0 radical (unpaired) electrons. The van der Waals surface area contributed by atoms with Gasteiger partial charge in [0.2, 0.25) is 0 Å². The van der Waals surface area contributed by atoms with Crippen LogP contribution in [0.5, 0.6) is 0 Å².